The molecule has 0 amide bonds. The van der Waals surface area contributed by atoms with E-state index in [-0.39, 0.29) is 17.8 Å². The molecule has 0 fully saturated rings. The largest absolute Gasteiger partial charge is 0.462 e. The van der Waals surface area contributed by atoms with E-state index in [1.165, 1.54) is 0 Å². The number of unbranched alkanes of at least 4 members (excludes halogenated alkanes) is 1. The number of hydrogen-bond acceptors (Lipinski definition) is 3. The number of aryl methyl sites for hydroxylation is 1. The van der Waals surface area contributed by atoms with Crippen LogP contribution in [-0.4, -0.2) is 17.6 Å². The van der Waals surface area contributed by atoms with Crippen LogP contribution in [0.2, 0.25) is 0 Å². The average molecular weight is 394 g/mol. The molecular weight excluding hydrogens is 358 g/mol. The predicted octanol–water partition coefficient (Wildman–Crippen LogP) is 7.29. The highest BCUT2D eigenvalue weighted by molar-refractivity contribution is 6.01. The van der Waals surface area contributed by atoms with Gasteiger partial charge in [-0.1, -0.05) is 83.0 Å². The zero-order chi connectivity index (χ0) is 21.6. The lowest BCUT2D eigenvalue weighted by molar-refractivity contribution is 0.0525. The Bertz CT molecular complexity index is 879. The van der Waals surface area contributed by atoms with Gasteiger partial charge in [-0.3, -0.25) is 4.98 Å². The molecule has 3 heteroatoms. The number of rotatable bonds is 8. The molecule has 1 heterocycles. The number of carbonyl (C=O) groups is 1. The van der Waals surface area contributed by atoms with Crippen LogP contribution in [0.15, 0.2) is 30.3 Å². The predicted molar refractivity (Wildman–Crippen MR) is 122 cm³/mol. The summed E-state index contributed by atoms with van der Waals surface area (Å²) in [7, 11) is 0. The molecule has 2 aromatic rings. The summed E-state index contributed by atoms with van der Waals surface area (Å²) in [6.45, 7) is 14.9. The number of benzene rings is 1. The van der Waals surface area contributed by atoms with E-state index in [1.54, 1.807) is 0 Å². The third-order valence-electron chi connectivity index (χ3n) is 4.91. The molecule has 0 radical (unpaired) electrons. The Morgan fingerprint density at radius 3 is 2.34 bits per heavy atom. The van der Waals surface area contributed by atoms with Crippen molar-refractivity contribution in [3.05, 3.63) is 58.4 Å². The smallest absolute Gasteiger partial charge is 0.340 e. The molecule has 0 aliphatic carbocycles. The number of carbonyl (C=O) groups excluding carboxylic acids is 1. The van der Waals surface area contributed by atoms with Crippen LogP contribution in [0.1, 0.15) is 99.1 Å². The highest BCUT2D eigenvalue weighted by Crippen LogP contribution is 2.38. The molecule has 3 nitrogen and oxygen atoms in total. The topological polar surface area (TPSA) is 39.2 Å². The van der Waals surface area contributed by atoms with Crippen LogP contribution in [0.4, 0.5) is 0 Å². The van der Waals surface area contributed by atoms with Crippen LogP contribution >= 0.6 is 0 Å². The minimum atomic E-state index is -0.291. The van der Waals surface area contributed by atoms with Gasteiger partial charge in [0.2, 0.25) is 0 Å². The maximum atomic E-state index is 13.1. The van der Waals surface area contributed by atoms with Gasteiger partial charge >= 0.3 is 5.97 Å². The second kappa shape index (κ2) is 10.4. The summed E-state index contributed by atoms with van der Waals surface area (Å²) < 4.78 is 5.49. The van der Waals surface area contributed by atoms with E-state index >= 15 is 0 Å². The van der Waals surface area contributed by atoms with Crippen LogP contribution in [0, 0.1) is 6.92 Å². The Hall–Kier alpha value is -2.42. The molecule has 0 unspecified atom stereocenters. The molecular formula is C26H35NO2. The molecule has 0 saturated carbocycles. The van der Waals surface area contributed by atoms with Crippen LogP contribution in [0.25, 0.3) is 17.2 Å². The lowest BCUT2D eigenvalue weighted by Crippen LogP contribution is -2.16. The van der Waals surface area contributed by atoms with Gasteiger partial charge in [0, 0.05) is 11.1 Å². The Labute approximate surface area is 176 Å². The van der Waals surface area contributed by atoms with Gasteiger partial charge in [-0.15, -0.1) is 0 Å². The second-order valence-corrected chi connectivity index (χ2v) is 8.14. The molecule has 2 rings (SSSR count). The monoisotopic (exact) mass is 393 g/mol. The fourth-order valence-electron chi connectivity index (χ4n) is 3.54. The maximum absolute atomic E-state index is 13.1. The minimum absolute atomic E-state index is 0.115. The summed E-state index contributed by atoms with van der Waals surface area (Å²) in [6.07, 6.45) is 6.41. The van der Waals surface area contributed by atoms with E-state index in [2.05, 4.69) is 71.9 Å². The van der Waals surface area contributed by atoms with E-state index in [0.717, 1.165) is 46.5 Å². The summed E-state index contributed by atoms with van der Waals surface area (Å²) >= 11 is 0. The van der Waals surface area contributed by atoms with Crippen molar-refractivity contribution < 1.29 is 9.53 Å². The molecule has 0 aliphatic heterocycles. The van der Waals surface area contributed by atoms with E-state index < -0.39 is 0 Å². The zero-order valence-corrected chi connectivity index (χ0v) is 19.0. The first-order valence-electron chi connectivity index (χ1n) is 10.8. The number of nitrogens with zero attached hydrogens (tertiary/aromatic N) is 1. The van der Waals surface area contributed by atoms with Gasteiger partial charge in [0.1, 0.15) is 0 Å². The first-order chi connectivity index (χ1) is 13.8. The van der Waals surface area contributed by atoms with Gasteiger partial charge in [0.15, 0.2) is 0 Å². The quantitative estimate of drug-likeness (QED) is 0.442. The van der Waals surface area contributed by atoms with Crippen LogP contribution in [-0.2, 0) is 4.74 Å². The summed E-state index contributed by atoms with van der Waals surface area (Å²) in [5, 5.41) is 0. The first-order valence-corrected chi connectivity index (χ1v) is 10.8. The number of ether oxygens (including phenoxy) is 1. The lowest BCUT2D eigenvalue weighted by Gasteiger charge is -2.23. The van der Waals surface area contributed by atoms with Crippen LogP contribution in [0.3, 0.4) is 0 Å². The number of hydrogen-bond donors (Lipinski definition) is 0. The molecule has 0 N–H and O–H groups in total. The summed E-state index contributed by atoms with van der Waals surface area (Å²) in [4.78, 5) is 18.1. The summed E-state index contributed by atoms with van der Waals surface area (Å²) in [5.74, 6) is 0.0679. The Morgan fingerprint density at radius 1 is 1.10 bits per heavy atom. The Balaban J connectivity index is 2.99. The molecule has 0 spiro atoms. The molecule has 1 aromatic carbocycles. The molecule has 0 aliphatic rings. The van der Waals surface area contributed by atoms with E-state index in [4.69, 9.17) is 9.72 Å². The molecule has 1 aromatic heterocycles. The Kier molecular flexibility index (Phi) is 8.19. The highest BCUT2D eigenvalue weighted by Gasteiger charge is 2.27. The van der Waals surface area contributed by atoms with Gasteiger partial charge in [-0.05, 0) is 37.7 Å². The van der Waals surface area contributed by atoms with Gasteiger partial charge in [-0.2, -0.15) is 0 Å². The number of pyridine rings is 1. The first kappa shape index (κ1) is 22.9. The lowest BCUT2D eigenvalue weighted by atomic mass is 9.86. The maximum Gasteiger partial charge on any atom is 0.340 e. The molecule has 0 bridgehead atoms. The van der Waals surface area contributed by atoms with Gasteiger partial charge < -0.3 is 4.74 Å². The average Bonchev–Trinajstić information content (AvgIpc) is 2.67. The van der Waals surface area contributed by atoms with Gasteiger partial charge in [0.05, 0.1) is 23.6 Å². The van der Waals surface area contributed by atoms with E-state index in [9.17, 15) is 4.79 Å². The van der Waals surface area contributed by atoms with Crippen molar-refractivity contribution in [1.82, 2.24) is 4.98 Å². The SMILES string of the molecule is CCC/C=C/c1c(C(C)C)nc(C(C)C)c(C(=O)OCC)c1-c1cccc(C)c1. The zero-order valence-electron chi connectivity index (χ0n) is 19.0. The van der Waals surface area contributed by atoms with Gasteiger partial charge in [0.25, 0.3) is 0 Å². The number of aromatic nitrogens is 1. The van der Waals surface area contributed by atoms with Crippen molar-refractivity contribution in [3.63, 3.8) is 0 Å². The third-order valence-corrected chi connectivity index (χ3v) is 4.91. The highest BCUT2D eigenvalue weighted by atomic mass is 16.5. The standard InChI is InChI=1S/C26H35NO2/c1-8-10-11-15-21-22(20-14-12-13-19(7)16-20)23(26(28)29-9-2)25(18(5)6)27-24(21)17(3)4/h11-18H,8-10H2,1-7H3/b15-11+. The van der Waals surface area contributed by atoms with E-state index in [1.807, 2.05) is 13.0 Å². The van der Waals surface area contributed by atoms with Crippen molar-refractivity contribution in [2.75, 3.05) is 6.61 Å². The molecule has 0 saturated heterocycles. The normalized spacial score (nSPS) is 11.6. The fourth-order valence-corrected chi connectivity index (χ4v) is 3.54. The van der Waals surface area contributed by atoms with Crippen LogP contribution in [0.5, 0.6) is 0 Å². The van der Waals surface area contributed by atoms with Crippen LogP contribution < -0.4 is 0 Å². The summed E-state index contributed by atoms with van der Waals surface area (Å²) in [5.41, 5.74) is 6.63. The molecule has 29 heavy (non-hydrogen) atoms. The van der Waals surface area contributed by atoms with Crippen molar-refractivity contribution in [1.29, 1.82) is 0 Å². The summed E-state index contributed by atoms with van der Waals surface area (Å²) in [6, 6.07) is 8.34. The second-order valence-electron chi connectivity index (χ2n) is 8.14. The number of esters is 1. The van der Waals surface area contributed by atoms with E-state index in [0.29, 0.717) is 12.2 Å². The van der Waals surface area contributed by atoms with Crippen molar-refractivity contribution in [2.24, 2.45) is 0 Å². The fraction of sp³-hybridized carbons (Fsp3) is 0.462. The molecule has 0 atom stereocenters. The van der Waals surface area contributed by atoms with Crippen molar-refractivity contribution in [3.8, 4) is 11.1 Å². The van der Waals surface area contributed by atoms with Gasteiger partial charge in [-0.25, -0.2) is 4.79 Å². The third kappa shape index (κ3) is 5.35. The number of allylic oxidation sites excluding steroid dienone is 1. The van der Waals surface area contributed by atoms with Crippen molar-refractivity contribution in [2.45, 2.75) is 73.1 Å². The minimum Gasteiger partial charge on any atom is -0.462 e. The van der Waals surface area contributed by atoms with Crippen molar-refractivity contribution >= 4 is 12.0 Å². The Morgan fingerprint density at radius 2 is 1.79 bits per heavy atom. The molecule has 156 valence electrons.